The van der Waals surface area contributed by atoms with Crippen molar-refractivity contribution in [3.05, 3.63) is 11.2 Å². The number of thiazole rings is 1. The molecule has 1 amide bonds. The van der Waals surface area contributed by atoms with Crippen LogP contribution in [-0.2, 0) is 19.6 Å². The summed E-state index contributed by atoms with van der Waals surface area (Å²) in [6.07, 6.45) is 1.31. The molecule has 2 rings (SSSR count). The summed E-state index contributed by atoms with van der Waals surface area (Å²) >= 11 is 0.865. The van der Waals surface area contributed by atoms with E-state index >= 15 is 0 Å². The van der Waals surface area contributed by atoms with Crippen molar-refractivity contribution >= 4 is 33.2 Å². The summed E-state index contributed by atoms with van der Waals surface area (Å²) in [5.74, 6) is -0.748. The van der Waals surface area contributed by atoms with Gasteiger partial charge in [-0.3, -0.25) is 4.79 Å². The molecular weight excluding hydrogens is 330 g/mol. The molecule has 0 unspecified atom stereocenters. The van der Waals surface area contributed by atoms with Gasteiger partial charge in [0.2, 0.25) is 5.91 Å². The zero-order chi connectivity index (χ0) is 16.3. The largest absolute Gasteiger partial charge is 0.464 e. The highest BCUT2D eigenvalue weighted by Crippen LogP contribution is 2.24. The number of likely N-dealkylation sites (tertiary alicyclic amines) is 1. The number of esters is 1. The Morgan fingerprint density at radius 2 is 2.27 bits per heavy atom. The summed E-state index contributed by atoms with van der Waals surface area (Å²) in [6.45, 7) is 1.15. The third-order valence-electron chi connectivity index (χ3n) is 3.41. The van der Waals surface area contributed by atoms with Crippen LogP contribution in [-0.4, -0.2) is 68.3 Å². The molecule has 1 aromatic heterocycles. The topological polar surface area (TPSA) is 96.9 Å². The van der Waals surface area contributed by atoms with Crippen molar-refractivity contribution in [1.82, 2.24) is 14.2 Å². The Balaban J connectivity index is 2.11. The lowest BCUT2D eigenvalue weighted by Crippen LogP contribution is -2.37. The van der Waals surface area contributed by atoms with Crippen LogP contribution in [0.4, 0.5) is 0 Å². The minimum Gasteiger partial charge on any atom is -0.464 e. The second-order valence-corrected chi connectivity index (χ2v) is 7.89. The van der Waals surface area contributed by atoms with Gasteiger partial charge in [0.15, 0.2) is 9.90 Å². The summed E-state index contributed by atoms with van der Waals surface area (Å²) in [5.41, 5.74) is 1.08. The average molecular weight is 347 g/mol. The Labute approximate surface area is 132 Å². The predicted molar refractivity (Wildman–Crippen MR) is 79.1 cm³/mol. The van der Waals surface area contributed by atoms with Crippen LogP contribution in [0.2, 0.25) is 0 Å². The molecule has 22 heavy (non-hydrogen) atoms. The number of carbonyl (C=O) groups is 2. The van der Waals surface area contributed by atoms with Gasteiger partial charge in [0, 0.05) is 33.1 Å². The van der Waals surface area contributed by atoms with Gasteiger partial charge in [-0.05, 0) is 6.42 Å². The van der Waals surface area contributed by atoms with Gasteiger partial charge in [-0.15, -0.1) is 11.3 Å². The first-order chi connectivity index (χ1) is 10.4. The van der Waals surface area contributed by atoms with E-state index in [0.717, 1.165) is 22.1 Å². The van der Waals surface area contributed by atoms with Crippen molar-refractivity contribution in [3.8, 4) is 0 Å². The molecule has 1 aliphatic heterocycles. The van der Waals surface area contributed by atoms with Gasteiger partial charge in [-0.25, -0.2) is 18.2 Å². The third-order valence-corrected chi connectivity index (χ3v) is 6.62. The number of amides is 1. The second-order valence-electron chi connectivity index (χ2n) is 4.79. The predicted octanol–water partition coefficient (Wildman–Crippen LogP) is 0.173. The Kier molecular flexibility index (Phi) is 5.14. The minimum atomic E-state index is -3.84. The van der Waals surface area contributed by atoms with E-state index in [1.807, 2.05) is 0 Å². The van der Waals surface area contributed by atoms with Crippen LogP contribution < -0.4 is 0 Å². The fourth-order valence-corrected chi connectivity index (χ4v) is 4.60. The van der Waals surface area contributed by atoms with Gasteiger partial charge < -0.3 is 9.64 Å². The molecule has 0 radical (unpaired) electrons. The van der Waals surface area contributed by atoms with Gasteiger partial charge in [0.1, 0.15) is 0 Å². The first-order valence-corrected chi connectivity index (χ1v) is 8.96. The van der Waals surface area contributed by atoms with E-state index in [1.54, 1.807) is 4.90 Å². The number of aromatic nitrogens is 1. The molecular formula is C12H17N3O5S2. The number of nitrogens with zero attached hydrogens (tertiary/aromatic N) is 3. The monoisotopic (exact) mass is 347 g/mol. The van der Waals surface area contributed by atoms with Gasteiger partial charge >= 0.3 is 5.97 Å². The molecule has 0 N–H and O–H groups in total. The molecule has 1 saturated heterocycles. The summed E-state index contributed by atoms with van der Waals surface area (Å²) in [4.78, 5) is 28.5. The first kappa shape index (κ1) is 16.8. The number of sulfonamides is 1. The van der Waals surface area contributed by atoms with E-state index in [4.69, 9.17) is 0 Å². The van der Waals surface area contributed by atoms with Crippen molar-refractivity contribution < 1.29 is 22.7 Å². The first-order valence-electron chi connectivity index (χ1n) is 6.64. The van der Waals surface area contributed by atoms with Gasteiger partial charge in [0.25, 0.3) is 10.0 Å². The lowest BCUT2D eigenvalue weighted by atomic mass is 10.4. The van der Waals surface area contributed by atoms with Crippen molar-refractivity contribution in [2.24, 2.45) is 0 Å². The summed E-state index contributed by atoms with van der Waals surface area (Å²) in [5, 5.41) is 0. The summed E-state index contributed by atoms with van der Waals surface area (Å²) in [6, 6.07) is 0. The number of methoxy groups -OCH3 is 1. The lowest BCUT2D eigenvalue weighted by Gasteiger charge is -2.21. The number of likely N-dealkylation sites (N-methyl/N-ethyl adjacent to an activating group) is 1. The summed E-state index contributed by atoms with van der Waals surface area (Å²) < 4.78 is 30.5. The fraction of sp³-hybridized carbons (Fsp3) is 0.583. The van der Waals surface area contributed by atoms with Crippen molar-refractivity contribution in [1.29, 1.82) is 0 Å². The van der Waals surface area contributed by atoms with E-state index in [1.165, 1.54) is 19.7 Å². The Morgan fingerprint density at radius 1 is 1.55 bits per heavy atom. The highest BCUT2D eigenvalue weighted by molar-refractivity contribution is 7.91. The second kappa shape index (κ2) is 6.71. The third kappa shape index (κ3) is 3.28. The van der Waals surface area contributed by atoms with Crippen LogP contribution >= 0.6 is 11.3 Å². The molecule has 2 heterocycles. The number of ether oxygens (including phenoxy) is 1. The zero-order valence-electron chi connectivity index (χ0n) is 12.3. The maximum atomic E-state index is 12.5. The van der Waals surface area contributed by atoms with Crippen LogP contribution in [0.15, 0.2) is 9.72 Å². The van der Waals surface area contributed by atoms with E-state index in [-0.39, 0.29) is 22.4 Å². The average Bonchev–Trinajstić information content (AvgIpc) is 3.13. The molecule has 0 aliphatic carbocycles. The quantitative estimate of drug-likeness (QED) is 0.681. The minimum absolute atomic E-state index is 0.0406. The Hall–Kier alpha value is -1.52. The molecule has 1 fully saturated rings. The molecule has 1 aromatic rings. The van der Waals surface area contributed by atoms with Crippen LogP contribution in [0.5, 0.6) is 0 Å². The van der Waals surface area contributed by atoms with E-state index in [2.05, 4.69) is 9.72 Å². The molecule has 0 spiro atoms. The molecule has 0 aromatic carbocycles. The molecule has 8 nitrogen and oxygen atoms in total. The maximum absolute atomic E-state index is 12.5. The van der Waals surface area contributed by atoms with Crippen LogP contribution in [0, 0.1) is 0 Å². The molecule has 0 bridgehead atoms. The van der Waals surface area contributed by atoms with Crippen molar-refractivity contribution in [2.75, 3.05) is 33.8 Å². The number of hydrogen-bond donors (Lipinski definition) is 0. The normalized spacial score (nSPS) is 15.6. The number of rotatable bonds is 6. The van der Waals surface area contributed by atoms with Crippen LogP contribution in [0.3, 0.4) is 0 Å². The van der Waals surface area contributed by atoms with Gasteiger partial charge in [0.05, 0.1) is 12.6 Å². The van der Waals surface area contributed by atoms with Gasteiger partial charge in [-0.1, -0.05) is 0 Å². The van der Waals surface area contributed by atoms with Crippen LogP contribution in [0.1, 0.15) is 23.3 Å². The standard InChI is InChI=1S/C12H17N3O5S2/c1-14(6-7-15-5-3-4-9(15)16)22(18,19)12-10(11(17)20-2)13-8-21-12/h8H,3-7H2,1-2H3. The van der Waals surface area contributed by atoms with Crippen molar-refractivity contribution in [2.45, 2.75) is 17.1 Å². The smallest absolute Gasteiger partial charge is 0.358 e. The Morgan fingerprint density at radius 3 is 2.86 bits per heavy atom. The zero-order valence-corrected chi connectivity index (χ0v) is 13.9. The SMILES string of the molecule is COC(=O)c1ncsc1S(=O)(=O)N(C)CCN1CCCC1=O. The lowest BCUT2D eigenvalue weighted by molar-refractivity contribution is -0.127. The molecule has 0 atom stereocenters. The molecule has 122 valence electrons. The van der Waals surface area contributed by atoms with Crippen LogP contribution in [0.25, 0.3) is 0 Å². The van der Waals surface area contributed by atoms with E-state index in [0.29, 0.717) is 19.5 Å². The molecule has 10 heteroatoms. The summed E-state index contributed by atoms with van der Waals surface area (Å²) in [7, 11) is -1.26. The highest BCUT2D eigenvalue weighted by atomic mass is 32.2. The molecule has 0 saturated carbocycles. The Bertz CT molecular complexity index is 670. The van der Waals surface area contributed by atoms with Crippen molar-refractivity contribution in [3.63, 3.8) is 0 Å². The number of carbonyl (C=O) groups excluding carboxylic acids is 2. The maximum Gasteiger partial charge on any atom is 0.358 e. The van der Waals surface area contributed by atoms with E-state index < -0.39 is 16.0 Å². The van der Waals surface area contributed by atoms with E-state index in [9.17, 15) is 18.0 Å². The highest BCUT2D eigenvalue weighted by Gasteiger charge is 2.31. The molecule has 1 aliphatic rings. The number of hydrogen-bond acceptors (Lipinski definition) is 7. The fourth-order valence-electron chi connectivity index (χ4n) is 2.11. The van der Waals surface area contributed by atoms with Gasteiger partial charge in [-0.2, -0.15) is 4.31 Å².